The third-order valence-corrected chi connectivity index (χ3v) is 5.02. The second kappa shape index (κ2) is 6.23. The Kier molecular flexibility index (Phi) is 5.27. The van der Waals surface area contributed by atoms with Crippen LogP contribution in [0.1, 0.15) is 26.7 Å². The predicted molar refractivity (Wildman–Crippen MR) is 75.7 cm³/mol. The molecule has 120 valence electrons. The Morgan fingerprint density at radius 1 is 1.10 bits per heavy atom. The van der Waals surface area contributed by atoms with E-state index in [0.717, 1.165) is 25.0 Å². The van der Waals surface area contributed by atoms with E-state index in [1.807, 2.05) is 13.8 Å². The largest absolute Gasteiger partial charge is 0.501 e. The van der Waals surface area contributed by atoms with E-state index in [1.165, 1.54) is 12.1 Å². The molecule has 0 saturated carbocycles. The number of alkyl halides is 3. The predicted octanol–water partition coefficient (Wildman–Crippen LogP) is 2.91. The Balaban J connectivity index is 2.85. The maximum atomic E-state index is 12.4. The minimum Gasteiger partial charge on any atom is -0.383 e. The Labute approximate surface area is 122 Å². The SMILES string of the molecule is CCC(N)(CC)CNc1ccc(S(=O)(=O)C(F)(F)F)cc1. The van der Waals surface area contributed by atoms with Crippen molar-refractivity contribution in [3.05, 3.63) is 24.3 Å². The van der Waals surface area contributed by atoms with Gasteiger partial charge in [0.25, 0.3) is 9.84 Å². The van der Waals surface area contributed by atoms with Crippen LogP contribution in [-0.4, -0.2) is 26.0 Å². The highest BCUT2D eigenvalue weighted by atomic mass is 32.2. The van der Waals surface area contributed by atoms with Crippen LogP contribution < -0.4 is 11.1 Å². The van der Waals surface area contributed by atoms with Gasteiger partial charge in [0, 0.05) is 17.8 Å². The number of hydrogen-bond acceptors (Lipinski definition) is 4. The van der Waals surface area contributed by atoms with Crippen molar-refractivity contribution >= 4 is 15.5 Å². The lowest BCUT2D eigenvalue weighted by atomic mass is 9.94. The standard InChI is InChI=1S/C13H19F3N2O2S/c1-3-12(17,4-2)9-18-10-5-7-11(8-6-10)21(19,20)13(14,15)16/h5-8,18H,3-4,9,17H2,1-2H3. The summed E-state index contributed by atoms with van der Waals surface area (Å²) in [6.07, 6.45) is 1.49. The van der Waals surface area contributed by atoms with Crippen LogP contribution in [0.3, 0.4) is 0 Å². The van der Waals surface area contributed by atoms with Gasteiger partial charge in [-0.05, 0) is 37.1 Å². The van der Waals surface area contributed by atoms with Gasteiger partial charge in [0.1, 0.15) is 0 Å². The minimum atomic E-state index is -5.30. The molecule has 0 bridgehead atoms. The highest BCUT2D eigenvalue weighted by Crippen LogP contribution is 2.30. The summed E-state index contributed by atoms with van der Waals surface area (Å²) in [5, 5.41) is 3.00. The summed E-state index contributed by atoms with van der Waals surface area (Å²) in [4.78, 5) is -0.773. The second-order valence-corrected chi connectivity index (χ2v) is 6.84. The number of hydrogen-bond donors (Lipinski definition) is 2. The molecule has 0 aromatic heterocycles. The van der Waals surface area contributed by atoms with Gasteiger partial charge in [-0.2, -0.15) is 13.2 Å². The van der Waals surface area contributed by atoms with Crippen molar-refractivity contribution in [3.63, 3.8) is 0 Å². The molecule has 0 unspecified atom stereocenters. The van der Waals surface area contributed by atoms with E-state index in [-0.39, 0.29) is 0 Å². The summed E-state index contributed by atoms with van der Waals surface area (Å²) < 4.78 is 59.6. The molecule has 1 aromatic rings. The molecule has 4 nitrogen and oxygen atoms in total. The number of benzene rings is 1. The Morgan fingerprint density at radius 3 is 1.95 bits per heavy atom. The van der Waals surface area contributed by atoms with Crippen LogP contribution in [0.2, 0.25) is 0 Å². The number of anilines is 1. The van der Waals surface area contributed by atoms with E-state index in [9.17, 15) is 21.6 Å². The molecule has 0 heterocycles. The number of nitrogens with two attached hydrogens (primary N) is 1. The first-order chi connectivity index (χ1) is 9.55. The Hall–Kier alpha value is -1.28. The summed E-state index contributed by atoms with van der Waals surface area (Å²) in [6, 6.07) is 4.46. The van der Waals surface area contributed by atoms with Crippen molar-refractivity contribution in [2.75, 3.05) is 11.9 Å². The van der Waals surface area contributed by atoms with Crippen molar-refractivity contribution in [1.82, 2.24) is 0 Å². The molecule has 0 saturated heterocycles. The van der Waals surface area contributed by atoms with Gasteiger partial charge in [0.15, 0.2) is 0 Å². The molecular formula is C13H19F3N2O2S. The highest BCUT2D eigenvalue weighted by molar-refractivity contribution is 7.92. The third kappa shape index (κ3) is 4.10. The van der Waals surface area contributed by atoms with Gasteiger partial charge in [-0.15, -0.1) is 0 Å². The molecule has 0 aliphatic heterocycles. The fourth-order valence-electron chi connectivity index (χ4n) is 1.66. The van der Waals surface area contributed by atoms with Crippen LogP contribution in [0.25, 0.3) is 0 Å². The van der Waals surface area contributed by atoms with Gasteiger partial charge in [-0.1, -0.05) is 13.8 Å². The first-order valence-electron chi connectivity index (χ1n) is 6.50. The molecule has 8 heteroatoms. The first kappa shape index (κ1) is 17.8. The van der Waals surface area contributed by atoms with Crippen LogP contribution in [0.4, 0.5) is 18.9 Å². The zero-order valence-electron chi connectivity index (χ0n) is 11.9. The first-order valence-corrected chi connectivity index (χ1v) is 7.98. The van der Waals surface area contributed by atoms with Crippen LogP contribution in [0.5, 0.6) is 0 Å². The van der Waals surface area contributed by atoms with Gasteiger partial charge in [-0.3, -0.25) is 0 Å². The van der Waals surface area contributed by atoms with E-state index in [4.69, 9.17) is 5.73 Å². The quantitative estimate of drug-likeness (QED) is 0.844. The lowest BCUT2D eigenvalue weighted by Gasteiger charge is -2.27. The van der Waals surface area contributed by atoms with Crippen LogP contribution in [0, 0.1) is 0 Å². The maximum absolute atomic E-state index is 12.4. The van der Waals surface area contributed by atoms with Crippen LogP contribution in [-0.2, 0) is 9.84 Å². The van der Waals surface area contributed by atoms with Crippen LogP contribution >= 0.6 is 0 Å². The minimum absolute atomic E-state index is 0.406. The molecule has 0 spiro atoms. The summed E-state index contributed by atoms with van der Waals surface area (Å²) in [5.41, 5.74) is 0.916. The van der Waals surface area contributed by atoms with Crippen molar-refractivity contribution in [3.8, 4) is 0 Å². The van der Waals surface area contributed by atoms with Crippen LogP contribution in [0.15, 0.2) is 29.2 Å². The van der Waals surface area contributed by atoms with Gasteiger partial charge in [-0.25, -0.2) is 8.42 Å². The zero-order valence-corrected chi connectivity index (χ0v) is 12.7. The van der Waals surface area contributed by atoms with E-state index in [2.05, 4.69) is 5.32 Å². The Morgan fingerprint density at radius 2 is 1.57 bits per heavy atom. The summed E-state index contributed by atoms with van der Waals surface area (Å²) in [5.74, 6) is 0. The van der Waals surface area contributed by atoms with E-state index in [1.54, 1.807) is 0 Å². The number of rotatable bonds is 6. The van der Waals surface area contributed by atoms with Gasteiger partial charge in [0.2, 0.25) is 0 Å². The van der Waals surface area contributed by atoms with Crippen molar-refractivity contribution < 1.29 is 21.6 Å². The van der Waals surface area contributed by atoms with Gasteiger partial charge < -0.3 is 11.1 Å². The molecular weight excluding hydrogens is 305 g/mol. The third-order valence-electron chi connectivity index (χ3n) is 3.52. The Bertz CT molecular complexity index is 564. The molecule has 0 fully saturated rings. The maximum Gasteiger partial charge on any atom is 0.501 e. The lowest BCUT2D eigenvalue weighted by molar-refractivity contribution is -0.0436. The average Bonchev–Trinajstić information content (AvgIpc) is 2.44. The molecule has 21 heavy (non-hydrogen) atoms. The smallest absolute Gasteiger partial charge is 0.383 e. The fraction of sp³-hybridized carbons (Fsp3) is 0.538. The molecule has 1 aromatic carbocycles. The molecule has 3 N–H and O–H groups in total. The molecule has 0 atom stereocenters. The van der Waals surface area contributed by atoms with Crippen molar-refractivity contribution in [2.45, 2.75) is 42.6 Å². The zero-order chi connectivity index (χ0) is 16.3. The molecule has 0 aliphatic carbocycles. The number of halogens is 3. The average molecular weight is 324 g/mol. The molecule has 0 radical (unpaired) electrons. The normalized spacial score (nSPS) is 13.2. The number of nitrogens with one attached hydrogen (secondary N) is 1. The number of sulfone groups is 1. The monoisotopic (exact) mass is 324 g/mol. The van der Waals surface area contributed by atoms with E-state index in [0.29, 0.717) is 12.2 Å². The van der Waals surface area contributed by atoms with Gasteiger partial charge in [0.05, 0.1) is 4.90 Å². The topological polar surface area (TPSA) is 72.2 Å². The van der Waals surface area contributed by atoms with E-state index < -0.39 is 25.8 Å². The highest BCUT2D eigenvalue weighted by Gasteiger charge is 2.46. The fourth-order valence-corrected chi connectivity index (χ4v) is 2.43. The molecule has 1 rings (SSSR count). The summed E-state index contributed by atoms with van der Waals surface area (Å²) >= 11 is 0. The van der Waals surface area contributed by atoms with Gasteiger partial charge >= 0.3 is 5.51 Å². The lowest BCUT2D eigenvalue weighted by Crippen LogP contribution is -2.45. The molecule has 0 aliphatic rings. The molecule has 0 amide bonds. The summed E-state index contributed by atoms with van der Waals surface area (Å²) in [6.45, 7) is 4.35. The van der Waals surface area contributed by atoms with Crippen molar-refractivity contribution in [1.29, 1.82) is 0 Å². The van der Waals surface area contributed by atoms with Crippen molar-refractivity contribution in [2.24, 2.45) is 5.73 Å². The van der Waals surface area contributed by atoms with E-state index >= 15 is 0 Å². The second-order valence-electron chi connectivity index (χ2n) is 4.90. The summed E-state index contributed by atoms with van der Waals surface area (Å²) in [7, 11) is -5.30.